The van der Waals surface area contributed by atoms with Gasteiger partial charge in [-0.3, -0.25) is 19.3 Å². The van der Waals surface area contributed by atoms with E-state index in [0.717, 1.165) is 28.6 Å². The highest BCUT2D eigenvalue weighted by Gasteiger charge is 2.29. The number of carbonyl (C=O) groups is 2. The lowest BCUT2D eigenvalue weighted by molar-refractivity contribution is -0.131. The standard InChI is InChI=1S/C36H37F2N9O3/c1-22-19-39-23(2)15-26(22)28-17-27(24-5-4-8-46(21-24)32(48)6-9-47-10-7-41-43-47)33(38)34-29(28)18-30(42-34)36(49)45-13-11-44(12-14-45)35-31(50-3)16-25(37)20-40-35/h5,7,10,15-20,42H,4,6,8-9,11-14,21H2,1-3H3. The van der Waals surface area contributed by atoms with Crippen LogP contribution in [0.4, 0.5) is 14.6 Å². The molecule has 4 aromatic heterocycles. The molecule has 0 unspecified atom stereocenters. The SMILES string of the molecule is COc1cc(F)cnc1N1CCN(C(=O)c2cc3c(-c4cc(C)ncc4C)cc(C4=CCCN(C(=O)CCn5ccnn5)C4)c(F)c3[nH]2)CC1. The number of ether oxygens (including phenoxy) is 1. The molecule has 0 saturated carbocycles. The van der Waals surface area contributed by atoms with Gasteiger partial charge in [-0.2, -0.15) is 0 Å². The van der Waals surface area contributed by atoms with E-state index in [4.69, 9.17) is 4.74 Å². The van der Waals surface area contributed by atoms with E-state index in [9.17, 15) is 14.0 Å². The molecule has 1 aromatic carbocycles. The molecule has 2 aliphatic rings. The molecule has 0 radical (unpaired) electrons. The normalized spacial score (nSPS) is 15.1. The maximum atomic E-state index is 16.7. The lowest BCUT2D eigenvalue weighted by atomic mass is 9.92. The summed E-state index contributed by atoms with van der Waals surface area (Å²) in [5.74, 6) is -0.427. The van der Waals surface area contributed by atoms with E-state index in [1.165, 1.54) is 13.2 Å². The number of nitrogens with one attached hydrogen (secondary N) is 1. The summed E-state index contributed by atoms with van der Waals surface area (Å²) in [4.78, 5) is 44.3. The second kappa shape index (κ2) is 13.7. The molecule has 1 fully saturated rings. The molecule has 0 spiro atoms. The molecule has 0 bridgehead atoms. The lowest BCUT2D eigenvalue weighted by Gasteiger charge is -2.35. The summed E-state index contributed by atoms with van der Waals surface area (Å²) in [6.45, 7) is 6.75. The van der Waals surface area contributed by atoms with Crippen LogP contribution in [0.1, 0.15) is 40.2 Å². The van der Waals surface area contributed by atoms with Gasteiger partial charge in [0.25, 0.3) is 5.91 Å². The fourth-order valence-corrected chi connectivity index (χ4v) is 6.72. The largest absolute Gasteiger partial charge is 0.493 e. The van der Waals surface area contributed by atoms with Gasteiger partial charge in [0.2, 0.25) is 5.91 Å². The number of carbonyl (C=O) groups excluding carboxylic acids is 2. The van der Waals surface area contributed by atoms with Crippen LogP contribution in [0, 0.1) is 25.5 Å². The first kappa shape index (κ1) is 32.9. The van der Waals surface area contributed by atoms with Crippen LogP contribution in [0.5, 0.6) is 5.75 Å². The zero-order chi connectivity index (χ0) is 34.9. The lowest BCUT2D eigenvalue weighted by Crippen LogP contribution is -2.49. The van der Waals surface area contributed by atoms with E-state index in [1.807, 2.05) is 37.0 Å². The van der Waals surface area contributed by atoms with Gasteiger partial charge in [0.15, 0.2) is 17.4 Å². The van der Waals surface area contributed by atoms with Gasteiger partial charge in [0.05, 0.1) is 31.6 Å². The Hall–Kier alpha value is -5.66. The maximum absolute atomic E-state index is 16.7. The summed E-state index contributed by atoms with van der Waals surface area (Å²) in [6.07, 6.45) is 9.04. The Bertz CT molecular complexity index is 2100. The average molecular weight is 682 g/mol. The Labute approximate surface area is 287 Å². The third kappa shape index (κ3) is 6.40. The van der Waals surface area contributed by atoms with Crippen LogP contribution < -0.4 is 9.64 Å². The molecule has 1 saturated heterocycles. The van der Waals surface area contributed by atoms with Crippen LogP contribution in [0.3, 0.4) is 0 Å². The Morgan fingerprint density at radius 3 is 2.52 bits per heavy atom. The third-order valence-corrected chi connectivity index (χ3v) is 9.38. The average Bonchev–Trinajstić information content (AvgIpc) is 3.83. The smallest absolute Gasteiger partial charge is 0.270 e. The van der Waals surface area contributed by atoms with E-state index in [2.05, 4.69) is 25.3 Å². The van der Waals surface area contributed by atoms with Gasteiger partial charge < -0.3 is 24.4 Å². The predicted octanol–water partition coefficient (Wildman–Crippen LogP) is 4.79. The number of amides is 2. The number of nitrogens with zero attached hydrogens (tertiary/aromatic N) is 8. The highest BCUT2D eigenvalue weighted by atomic mass is 19.1. The molecular weight excluding hydrogens is 644 g/mol. The molecule has 14 heteroatoms. The number of fused-ring (bicyclic) bond motifs is 1. The van der Waals surface area contributed by atoms with E-state index in [-0.39, 0.29) is 36.0 Å². The summed E-state index contributed by atoms with van der Waals surface area (Å²) in [6, 6.07) is 6.81. The van der Waals surface area contributed by atoms with Gasteiger partial charge in [-0.15, -0.1) is 5.10 Å². The minimum Gasteiger partial charge on any atom is -0.493 e. The first-order valence-electron chi connectivity index (χ1n) is 16.5. The first-order valence-corrected chi connectivity index (χ1v) is 16.5. The Morgan fingerprint density at radius 2 is 1.76 bits per heavy atom. The first-order chi connectivity index (χ1) is 24.2. The van der Waals surface area contributed by atoms with Crippen molar-refractivity contribution in [2.45, 2.75) is 33.2 Å². The van der Waals surface area contributed by atoms with Gasteiger partial charge in [-0.1, -0.05) is 11.3 Å². The van der Waals surface area contributed by atoms with Crippen molar-refractivity contribution in [2.75, 3.05) is 51.3 Å². The molecule has 50 heavy (non-hydrogen) atoms. The van der Waals surface area contributed by atoms with E-state index < -0.39 is 11.6 Å². The number of benzene rings is 1. The van der Waals surface area contributed by atoms with Crippen LogP contribution in [0.2, 0.25) is 0 Å². The molecule has 12 nitrogen and oxygen atoms in total. The number of hydrogen-bond acceptors (Lipinski definition) is 8. The summed E-state index contributed by atoms with van der Waals surface area (Å²) in [5.41, 5.74) is 4.95. The van der Waals surface area contributed by atoms with Crippen molar-refractivity contribution in [3.63, 3.8) is 0 Å². The highest BCUT2D eigenvalue weighted by Crippen LogP contribution is 2.38. The summed E-state index contributed by atoms with van der Waals surface area (Å²) >= 11 is 0. The highest BCUT2D eigenvalue weighted by molar-refractivity contribution is 6.05. The van der Waals surface area contributed by atoms with Crippen molar-refractivity contribution in [3.8, 4) is 16.9 Å². The quantitative estimate of drug-likeness (QED) is 0.248. The molecule has 2 aliphatic heterocycles. The molecular formula is C36H37F2N9O3. The van der Waals surface area contributed by atoms with Crippen molar-refractivity contribution in [2.24, 2.45) is 0 Å². The molecule has 7 rings (SSSR count). The van der Waals surface area contributed by atoms with Crippen LogP contribution in [0.15, 0.2) is 55.1 Å². The topological polar surface area (TPSA) is 125 Å². The third-order valence-electron chi connectivity index (χ3n) is 9.38. The van der Waals surface area contributed by atoms with Gasteiger partial charge in [-0.05, 0) is 60.7 Å². The summed E-state index contributed by atoms with van der Waals surface area (Å²) in [7, 11) is 1.46. The minimum absolute atomic E-state index is 0.0464. The number of piperazine rings is 1. The summed E-state index contributed by atoms with van der Waals surface area (Å²) < 4.78 is 37.3. The fourth-order valence-electron chi connectivity index (χ4n) is 6.72. The van der Waals surface area contributed by atoms with Crippen LogP contribution in [-0.2, 0) is 11.3 Å². The van der Waals surface area contributed by atoms with Crippen molar-refractivity contribution in [1.29, 1.82) is 0 Å². The van der Waals surface area contributed by atoms with Crippen molar-refractivity contribution < 1.29 is 23.1 Å². The molecule has 1 N–H and O–H groups in total. The van der Waals surface area contributed by atoms with Gasteiger partial charge in [-0.25, -0.2) is 13.8 Å². The number of H-pyrrole nitrogens is 1. The zero-order valence-corrected chi connectivity index (χ0v) is 28.1. The number of pyridine rings is 2. The van der Waals surface area contributed by atoms with E-state index in [0.29, 0.717) is 73.8 Å². The number of aromatic amines is 1. The molecule has 6 heterocycles. The second-order valence-corrected chi connectivity index (χ2v) is 12.6. The number of methoxy groups -OCH3 is 1. The maximum Gasteiger partial charge on any atom is 0.270 e. The van der Waals surface area contributed by atoms with Gasteiger partial charge >= 0.3 is 0 Å². The second-order valence-electron chi connectivity index (χ2n) is 12.6. The molecule has 2 amide bonds. The van der Waals surface area contributed by atoms with Crippen LogP contribution in [0.25, 0.3) is 27.6 Å². The van der Waals surface area contributed by atoms with Gasteiger partial charge in [0, 0.05) is 80.8 Å². The monoisotopic (exact) mass is 681 g/mol. The Kier molecular flexibility index (Phi) is 9.00. The van der Waals surface area contributed by atoms with Crippen molar-refractivity contribution in [1.82, 2.24) is 39.7 Å². The zero-order valence-electron chi connectivity index (χ0n) is 28.1. The number of rotatable bonds is 8. The minimum atomic E-state index is -0.491. The predicted molar refractivity (Wildman–Crippen MR) is 184 cm³/mol. The number of hydrogen-bond donors (Lipinski definition) is 1. The number of aromatic nitrogens is 6. The Balaban J connectivity index is 1.19. The van der Waals surface area contributed by atoms with Gasteiger partial charge in [0.1, 0.15) is 11.5 Å². The molecule has 5 aromatic rings. The van der Waals surface area contributed by atoms with E-state index >= 15 is 4.39 Å². The summed E-state index contributed by atoms with van der Waals surface area (Å²) in [5, 5.41) is 8.31. The molecule has 258 valence electrons. The molecule has 0 aliphatic carbocycles. The Morgan fingerprint density at radius 1 is 0.940 bits per heavy atom. The molecule has 0 atom stereocenters. The van der Waals surface area contributed by atoms with Crippen LogP contribution in [-0.4, -0.2) is 97.9 Å². The fraction of sp³-hybridized carbons (Fsp3) is 0.333. The van der Waals surface area contributed by atoms with E-state index in [1.54, 1.807) is 39.1 Å². The van der Waals surface area contributed by atoms with Crippen LogP contribution >= 0.6 is 0 Å². The number of halogens is 2. The van der Waals surface area contributed by atoms with Crippen molar-refractivity contribution in [3.05, 3.63) is 89.3 Å². The number of anilines is 1. The number of aryl methyl sites for hydroxylation is 3. The van der Waals surface area contributed by atoms with Crippen molar-refractivity contribution >= 4 is 34.1 Å².